The second-order valence-electron chi connectivity index (χ2n) is 5.57. The van der Waals surface area contributed by atoms with E-state index in [-0.39, 0.29) is 6.10 Å². The number of likely N-dealkylation sites (N-methyl/N-ethyl adjacent to an activating group) is 1. The highest BCUT2D eigenvalue weighted by molar-refractivity contribution is 5.47. The molecule has 0 amide bonds. The highest BCUT2D eigenvalue weighted by atomic mass is 16.5. The molecule has 0 spiro atoms. The van der Waals surface area contributed by atoms with Gasteiger partial charge in [-0.15, -0.1) is 0 Å². The Hall–Kier alpha value is -1.20. The number of anilines is 1. The molecule has 1 aromatic rings. The van der Waals surface area contributed by atoms with E-state index in [1.54, 1.807) is 0 Å². The molecule has 5 nitrogen and oxygen atoms in total. The zero-order chi connectivity index (χ0) is 13.9. The average Bonchev–Trinajstić information content (AvgIpc) is 2.53. The maximum atomic E-state index is 5.89. The minimum absolute atomic E-state index is 0.0167. The van der Waals surface area contributed by atoms with Gasteiger partial charge in [0.2, 0.25) is 0 Å². The summed E-state index contributed by atoms with van der Waals surface area (Å²) in [6.07, 6.45) is 4.66. The average molecular weight is 276 g/mol. The van der Waals surface area contributed by atoms with Crippen LogP contribution < -0.4 is 5.32 Å². The van der Waals surface area contributed by atoms with E-state index in [4.69, 9.17) is 14.7 Å². The van der Waals surface area contributed by atoms with Crippen molar-refractivity contribution in [2.75, 3.05) is 38.6 Å². The Labute approximate surface area is 120 Å². The van der Waals surface area contributed by atoms with Crippen molar-refractivity contribution in [1.82, 2.24) is 14.9 Å². The molecule has 1 fully saturated rings. The van der Waals surface area contributed by atoms with Crippen LogP contribution >= 0.6 is 0 Å². The summed E-state index contributed by atoms with van der Waals surface area (Å²) in [5.74, 6) is 1.86. The van der Waals surface area contributed by atoms with E-state index >= 15 is 0 Å². The number of nitrogens with one attached hydrogen (secondary N) is 1. The summed E-state index contributed by atoms with van der Waals surface area (Å²) < 4.78 is 5.89. The molecule has 20 heavy (non-hydrogen) atoms. The Balaban J connectivity index is 1.89. The molecule has 1 unspecified atom stereocenters. The van der Waals surface area contributed by atoms with Gasteiger partial charge < -0.3 is 10.1 Å². The zero-order valence-electron chi connectivity index (χ0n) is 12.5. The Morgan fingerprint density at radius 2 is 2.15 bits per heavy atom. The van der Waals surface area contributed by atoms with E-state index in [9.17, 15) is 0 Å². The van der Waals surface area contributed by atoms with Gasteiger partial charge in [-0.1, -0.05) is 6.92 Å². The summed E-state index contributed by atoms with van der Waals surface area (Å²) in [4.78, 5) is 11.9. The molecule has 3 rings (SSSR count). The first-order valence-electron chi connectivity index (χ1n) is 7.73. The van der Waals surface area contributed by atoms with Crippen LogP contribution in [0.3, 0.4) is 0 Å². The molecule has 1 N–H and O–H groups in total. The Morgan fingerprint density at radius 1 is 1.30 bits per heavy atom. The van der Waals surface area contributed by atoms with E-state index in [0.717, 1.165) is 50.7 Å². The summed E-state index contributed by atoms with van der Waals surface area (Å²) in [6.45, 7) is 5.93. The van der Waals surface area contributed by atoms with Crippen LogP contribution in [-0.2, 0) is 17.6 Å². The van der Waals surface area contributed by atoms with Crippen LogP contribution in [0.2, 0.25) is 0 Å². The molecule has 1 atom stereocenters. The lowest BCUT2D eigenvalue weighted by molar-refractivity contribution is -0.0326. The first-order valence-corrected chi connectivity index (χ1v) is 7.73. The van der Waals surface area contributed by atoms with E-state index < -0.39 is 0 Å². The Morgan fingerprint density at radius 3 is 2.95 bits per heavy atom. The number of aryl methyl sites for hydroxylation is 1. The molecule has 110 valence electrons. The largest absolute Gasteiger partial charge is 0.373 e. The summed E-state index contributed by atoms with van der Waals surface area (Å²) in [6, 6.07) is 0. The standard InChI is InChI=1S/C15H24N4O/c1-3-19-8-9-20-13(10-19)15-17-12-7-5-4-6-11(12)14(16-2)18-15/h13H,3-10H2,1-2H3,(H,16,17,18). The summed E-state index contributed by atoms with van der Waals surface area (Å²) in [7, 11) is 1.95. The lowest BCUT2D eigenvalue weighted by Crippen LogP contribution is -2.38. The van der Waals surface area contributed by atoms with Crippen molar-refractivity contribution in [2.24, 2.45) is 0 Å². The molecule has 5 heteroatoms. The topological polar surface area (TPSA) is 50.3 Å². The van der Waals surface area contributed by atoms with Gasteiger partial charge in [0.1, 0.15) is 11.9 Å². The van der Waals surface area contributed by atoms with Crippen molar-refractivity contribution in [3.63, 3.8) is 0 Å². The van der Waals surface area contributed by atoms with Crippen molar-refractivity contribution in [3.05, 3.63) is 17.1 Å². The second kappa shape index (κ2) is 6.06. The van der Waals surface area contributed by atoms with Crippen LogP contribution in [0.25, 0.3) is 0 Å². The van der Waals surface area contributed by atoms with E-state index in [2.05, 4.69) is 17.1 Å². The second-order valence-corrected chi connectivity index (χ2v) is 5.57. The fourth-order valence-electron chi connectivity index (χ4n) is 3.11. The van der Waals surface area contributed by atoms with Gasteiger partial charge in [0.25, 0.3) is 0 Å². The van der Waals surface area contributed by atoms with Crippen LogP contribution in [0.1, 0.15) is 43.0 Å². The predicted molar refractivity (Wildman–Crippen MR) is 79.0 cm³/mol. The number of ether oxygens (including phenoxy) is 1. The van der Waals surface area contributed by atoms with Crippen molar-refractivity contribution in [2.45, 2.75) is 38.7 Å². The Bertz CT molecular complexity index is 460. The van der Waals surface area contributed by atoms with Gasteiger partial charge in [-0.05, 0) is 32.2 Å². The molecule has 1 aromatic heterocycles. The van der Waals surface area contributed by atoms with Crippen LogP contribution in [0.5, 0.6) is 0 Å². The van der Waals surface area contributed by atoms with E-state index in [0.29, 0.717) is 0 Å². The van der Waals surface area contributed by atoms with Crippen molar-refractivity contribution >= 4 is 5.82 Å². The third-order valence-corrected chi connectivity index (χ3v) is 4.32. The van der Waals surface area contributed by atoms with Gasteiger partial charge in [0.15, 0.2) is 5.82 Å². The van der Waals surface area contributed by atoms with Crippen LogP contribution in [0.15, 0.2) is 0 Å². The number of hydrogen-bond donors (Lipinski definition) is 1. The van der Waals surface area contributed by atoms with Gasteiger partial charge in [-0.25, -0.2) is 9.97 Å². The molecule has 1 aliphatic heterocycles. The van der Waals surface area contributed by atoms with Crippen molar-refractivity contribution in [3.8, 4) is 0 Å². The lowest BCUT2D eigenvalue weighted by Gasteiger charge is -2.32. The minimum Gasteiger partial charge on any atom is -0.373 e. The van der Waals surface area contributed by atoms with Crippen LogP contribution in [0, 0.1) is 0 Å². The van der Waals surface area contributed by atoms with Gasteiger partial charge >= 0.3 is 0 Å². The first-order chi connectivity index (χ1) is 9.81. The SMILES string of the molecule is CCN1CCOC(c2nc3c(c(NC)n2)CCCC3)C1. The molecule has 1 saturated heterocycles. The van der Waals surface area contributed by atoms with Crippen LogP contribution in [0.4, 0.5) is 5.82 Å². The van der Waals surface area contributed by atoms with Gasteiger partial charge in [-0.2, -0.15) is 0 Å². The smallest absolute Gasteiger partial charge is 0.161 e. The molecular formula is C15H24N4O. The van der Waals surface area contributed by atoms with E-state index in [1.807, 2.05) is 7.05 Å². The molecule has 0 radical (unpaired) electrons. The Kier molecular flexibility index (Phi) is 4.17. The maximum Gasteiger partial charge on any atom is 0.161 e. The fraction of sp³-hybridized carbons (Fsp3) is 0.733. The molecule has 1 aliphatic carbocycles. The van der Waals surface area contributed by atoms with Crippen molar-refractivity contribution < 1.29 is 4.74 Å². The number of nitrogens with zero attached hydrogens (tertiary/aromatic N) is 3. The number of morpholine rings is 1. The first kappa shape index (κ1) is 13.8. The molecule has 0 bridgehead atoms. The third kappa shape index (κ3) is 2.65. The number of rotatable bonds is 3. The summed E-state index contributed by atoms with van der Waals surface area (Å²) in [5, 5.41) is 3.24. The fourth-order valence-corrected chi connectivity index (χ4v) is 3.11. The van der Waals surface area contributed by atoms with Gasteiger partial charge in [0.05, 0.1) is 6.61 Å². The summed E-state index contributed by atoms with van der Waals surface area (Å²) >= 11 is 0. The van der Waals surface area contributed by atoms with Crippen LogP contribution in [-0.4, -0.2) is 48.2 Å². The van der Waals surface area contributed by atoms with Gasteiger partial charge in [0, 0.05) is 31.4 Å². The highest BCUT2D eigenvalue weighted by Crippen LogP contribution is 2.28. The minimum atomic E-state index is 0.0167. The number of aromatic nitrogens is 2. The maximum absolute atomic E-state index is 5.89. The number of hydrogen-bond acceptors (Lipinski definition) is 5. The lowest BCUT2D eigenvalue weighted by atomic mass is 9.96. The molecule has 2 aliphatic rings. The van der Waals surface area contributed by atoms with Crippen molar-refractivity contribution in [1.29, 1.82) is 0 Å². The molecular weight excluding hydrogens is 252 g/mol. The highest BCUT2D eigenvalue weighted by Gasteiger charge is 2.26. The van der Waals surface area contributed by atoms with Gasteiger partial charge in [-0.3, -0.25) is 4.90 Å². The molecule has 2 heterocycles. The summed E-state index contributed by atoms with van der Waals surface area (Å²) in [5.41, 5.74) is 2.54. The third-order valence-electron chi connectivity index (χ3n) is 4.32. The molecule has 0 saturated carbocycles. The predicted octanol–water partition coefficient (Wildman–Crippen LogP) is 1.79. The number of fused-ring (bicyclic) bond motifs is 1. The monoisotopic (exact) mass is 276 g/mol. The molecule has 0 aromatic carbocycles. The normalized spacial score (nSPS) is 23.4. The zero-order valence-corrected chi connectivity index (χ0v) is 12.5. The quantitative estimate of drug-likeness (QED) is 0.912. The van der Waals surface area contributed by atoms with E-state index in [1.165, 1.54) is 24.1 Å².